The van der Waals surface area contributed by atoms with Gasteiger partial charge in [0.2, 0.25) is 0 Å². The van der Waals surface area contributed by atoms with Gasteiger partial charge in [-0.15, -0.1) is 0 Å². The second kappa shape index (κ2) is 3.60. The summed E-state index contributed by atoms with van der Waals surface area (Å²) in [5.41, 5.74) is 0. The summed E-state index contributed by atoms with van der Waals surface area (Å²) in [6.45, 7) is 6.24. The molecule has 6 heavy (non-hydrogen) atoms. The van der Waals surface area contributed by atoms with Crippen LogP contribution in [0.2, 0.25) is 6.32 Å². The molecule has 0 aliphatic rings. The van der Waals surface area contributed by atoms with E-state index in [0.29, 0.717) is 0 Å². The highest BCUT2D eigenvalue weighted by atomic mass is 32.1. The Morgan fingerprint density at radius 1 is 1.67 bits per heavy atom. The lowest BCUT2D eigenvalue weighted by Crippen LogP contribution is -1.86. The predicted molar refractivity (Wildman–Crippen MR) is 34.4 cm³/mol. The molecule has 0 N–H and O–H groups in total. The third kappa shape index (κ3) is 4.41. The molecule has 0 aromatic rings. The lowest BCUT2D eigenvalue weighted by molar-refractivity contribution is 0.734. The van der Waals surface area contributed by atoms with Gasteiger partial charge in [-0.05, 0) is 0 Å². The van der Waals surface area contributed by atoms with Crippen molar-refractivity contribution in [3.63, 3.8) is 0 Å². The number of hydrogen-bond acceptors (Lipinski definition) is 1. The van der Waals surface area contributed by atoms with Crippen LogP contribution >= 0.6 is 12.5 Å². The first-order valence-corrected chi connectivity index (χ1v) is 2.75. The summed E-state index contributed by atoms with van der Waals surface area (Å²) in [5.74, 6) is 0.766. The fraction of sp³-hybridized carbons (Fsp3) is 1.00. The van der Waals surface area contributed by atoms with Crippen LogP contribution < -0.4 is 0 Å². The van der Waals surface area contributed by atoms with E-state index >= 15 is 0 Å². The van der Waals surface area contributed by atoms with E-state index in [1.165, 1.54) is 0 Å². The monoisotopic (exact) mass is 101 g/mol. The Bertz CT molecular complexity index is 28.7. The summed E-state index contributed by atoms with van der Waals surface area (Å²) >= 11 is 3.93. The molecule has 0 rings (SSSR count). The summed E-state index contributed by atoms with van der Waals surface area (Å²) in [5, 5.41) is 0. The standard InChI is InChI=1S/C4H10BS/c1-4(2)3-5-6/h4,6H,3H2,1-2H3. The van der Waals surface area contributed by atoms with Gasteiger partial charge < -0.3 is 0 Å². The van der Waals surface area contributed by atoms with E-state index < -0.39 is 0 Å². The smallest absolute Gasteiger partial charge is 0.187 e. The van der Waals surface area contributed by atoms with E-state index in [1.807, 2.05) is 6.56 Å². The number of hydrogen-bond donors (Lipinski definition) is 1. The van der Waals surface area contributed by atoms with E-state index in [4.69, 9.17) is 0 Å². The van der Waals surface area contributed by atoms with Crippen LogP contribution in [0, 0.1) is 5.92 Å². The molecule has 0 aromatic heterocycles. The molecule has 0 bridgehead atoms. The van der Waals surface area contributed by atoms with Gasteiger partial charge in [0.1, 0.15) is 0 Å². The minimum absolute atomic E-state index is 0.766. The molecule has 0 amide bonds. The Morgan fingerprint density at radius 2 is 2.17 bits per heavy atom. The molecule has 0 atom stereocenters. The minimum Gasteiger partial charge on any atom is -0.235 e. The molecule has 0 spiro atoms. The molecule has 0 nitrogen and oxygen atoms in total. The molecule has 0 unspecified atom stereocenters. The molecule has 0 aromatic carbocycles. The van der Waals surface area contributed by atoms with E-state index in [-0.39, 0.29) is 0 Å². The van der Waals surface area contributed by atoms with Crippen LogP contribution in [0.3, 0.4) is 0 Å². The molecule has 1 radical (unpaired) electrons. The molecule has 0 saturated carbocycles. The van der Waals surface area contributed by atoms with Gasteiger partial charge in [0.15, 0.2) is 6.56 Å². The van der Waals surface area contributed by atoms with Crippen molar-refractivity contribution in [1.29, 1.82) is 0 Å². The Labute approximate surface area is 45.9 Å². The van der Waals surface area contributed by atoms with E-state index in [2.05, 4.69) is 26.3 Å². The molecule has 2 heteroatoms. The molecule has 0 saturated heterocycles. The molecule has 0 aliphatic heterocycles. The quantitative estimate of drug-likeness (QED) is 0.396. The maximum absolute atomic E-state index is 3.93. The van der Waals surface area contributed by atoms with Crippen LogP contribution in [0.15, 0.2) is 0 Å². The highest BCUT2D eigenvalue weighted by Gasteiger charge is 1.88. The van der Waals surface area contributed by atoms with Crippen LogP contribution in [0.25, 0.3) is 0 Å². The number of rotatable bonds is 2. The van der Waals surface area contributed by atoms with Crippen molar-refractivity contribution in [3.8, 4) is 0 Å². The largest absolute Gasteiger partial charge is 0.235 e. The zero-order chi connectivity index (χ0) is 4.99. The lowest BCUT2D eigenvalue weighted by atomic mass is 9.93. The van der Waals surface area contributed by atoms with Gasteiger partial charge in [0.25, 0.3) is 0 Å². The second-order valence-corrected chi connectivity index (χ2v) is 2.18. The minimum atomic E-state index is 0.766. The van der Waals surface area contributed by atoms with Crippen LogP contribution in [-0.2, 0) is 0 Å². The Morgan fingerprint density at radius 3 is 2.17 bits per heavy atom. The van der Waals surface area contributed by atoms with Gasteiger partial charge >= 0.3 is 0 Å². The summed E-state index contributed by atoms with van der Waals surface area (Å²) in [6.07, 6.45) is 1.11. The van der Waals surface area contributed by atoms with E-state index in [1.54, 1.807) is 0 Å². The van der Waals surface area contributed by atoms with Crippen molar-refractivity contribution in [1.82, 2.24) is 0 Å². The molecular weight excluding hydrogens is 90.9 g/mol. The lowest BCUT2D eigenvalue weighted by Gasteiger charge is -1.94. The van der Waals surface area contributed by atoms with E-state index in [9.17, 15) is 0 Å². The molecule has 35 valence electrons. The molecular formula is C4H10BS. The zero-order valence-electron chi connectivity index (χ0n) is 4.31. The summed E-state index contributed by atoms with van der Waals surface area (Å²) in [6, 6.07) is 0. The van der Waals surface area contributed by atoms with Crippen molar-refractivity contribution in [2.75, 3.05) is 0 Å². The Balaban J connectivity index is 2.63. The second-order valence-electron chi connectivity index (χ2n) is 1.81. The maximum Gasteiger partial charge on any atom is 0.187 e. The number of thiol groups is 1. The Kier molecular flexibility index (Phi) is 3.85. The molecule has 0 heterocycles. The highest BCUT2D eigenvalue weighted by molar-refractivity contribution is 8.06. The van der Waals surface area contributed by atoms with E-state index in [0.717, 1.165) is 12.2 Å². The van der Waals surface area contributed by atoms with Gasteiger partial charge in [-0.2, -0.15) is 0 Å². The van der Waals surface area contributed by atoms with Crippen molar-refractivity contribution in [3.05, 3.63) is 0 Å². The summed E-state index contributed by atoms with van der Waals surface area (Å²) < 4.78 is 0. The maximum atomic E-state index is 3.93. The van der Waals surface area contributed by atoms with Crippen molar-refractivity contribution < 1.29 is 0 Å². The van der Waals surface area contributed by atoms with Gasteiger partial charge in [-0.1, -0.05) is 26.1 Å². The van der Waals surface area contributed by atoms with Crippen LogP contribution in [0.4, 0.5) is 0 Å². The van der Waals surface area contributed by atoms with Crippen molar-refractivity contribution >= 4 is 19.0 Å². The predicted octanol–water partition coefficient (Wildman–Crippen LogP) is 1.61. The topological polar surface area (TPSA) is 0 Å². The average molecular weight is 101 g/mol. The van der Waals surface area contributed by atoms with Gasteiger partial charge in [-0.25, -0.2) is 12.5 Å². The van der Waals surface area contributed by atoms with Gasteiger partial charge in [0.05, 0.1) is 0 Å². The fourth-order valence-electron chi connectivity index (χ4n) is 0.211. The SMILES string of the molecule is CC(C)C[B]S. The average Bonchev–Trinajstić information content (AvgIpc) is 1.35. The highest BCUT2D eigenvalue weighted by Crippen LogP contribution is 1.98. The zero-order valence-corrected chi connectivity index (χ0v) is 5.20. The molecule has 0 fully saturated rings. The normalized spacial score (nSPS) is 9.33. The van der Waals surface area contributed by atoms with Crippen molar-refractivity contribution in [2.24, 2.45) is 5.92 Å². The summed E-state index contributed by atoms with van der Waals surface area (Å²) in [4.78, 5) is 0. The first-order valence-electron chi connectivity index (χ1n) is 2.23. The fourth-order valence-corrected chi connectivity index (χ4v) is 0.632. The summed E-state index contributed by atoms with van der Waals surface area (Å²) in [7, 11) is 0. The first kappa shape index (κ1) is 6.41. The first-order chi connectivity index (χ1) is 2.77. The van der Waals surface area contributed by atoms with Crippen molar-refractivity contribution in [2.45, 2.75) is 20.2 Å². The van der Waals surface area contributed by atoms with Gasteiger partial charge in [0, 0.05) is 0 Å². The molecule has 0 aliphatic carbocycles. The van der Waals surface area contributed by atoms with Crippen LogP contribution in [0.5, 0.6) is 0 Å². The van der Waals surface area contributed by atoms with Crippen LogP contribution in [-0.4, -0.2) is 6.56 Å². The third-order valence-corrected chi connectivity index (χ3v) is 0.788. The van der Waals surface area contributed by atoms with Gasteiger partial charge in [-0.3, -0.25) is 0 Å². The third-order valence-electron chi connectivity index (χ3n) is 0.577. The van der Waals surface area contributed by atoms with Crippen LogP contribution in [0.1, 0.15) is 13.8 Å². The Hall–Kier alpha value is 0.415.